The minimum atomic E-state index is -6.17. The van der Waals surface area contributed by atoms with Crippen molar-refractivity contribution in [3.05, 3.63) is 98.9 Å². The van der Waals surface area contributed by atoms with Crippen LogP contribution >= 0.6 is 15.9 Å². The van der Waals surface area contributed by atoms with E-state index >= 15 is 0 Å². The van der Waals surface area contributed by atoms with Crippen molar-refractivity contribution in [3.63, 3.8) is 0 Å². The Balaban J connectivity index is 1.86. The zero-order valence-corrected chi connectivity index (χ0v) is 23.8. The maximum absolute atomic E-state index is 13.7. The maximum Gasteiger partial charge on any atom is 0.512 e. The molecule has 4 aromatic rings. The fourth-order valence-corrected chi connectivity index (χ4v) is 6.89. The second-order valence-electron chi connectivity index (χ2n) is 8.63. The van der Waals surface area contributed by atoms with E-state index < -0.39 is 36.0 Å². The third-order valence-electron chi connectivity index (χ3n) is 5.98. The van der Waals surface area contributed by atoms with Gasteiger partial charge in [0.15, 0.2) is 5.78 Å². The topological polar surface area (TPSA) is 119 Å². The molecule has 0 amide bonds. The Hall–Kier alpha value is -3.33. The summed E-state index contributed by atoms with van der Waals surface area (Å²) in [7, 11) is -11.3. The molecule has 0 radical (unpaired) electrons. The molecule has 3 aromatic carbocycles. The van der Waals surface area contributed by atoms with Gasteiger partial charge >= 0.3 is 15.5 Å². The second-order valence-corrected chi connectivity index (χ2v) is 13.2. The van der Waals surface area contributed by atoms with E-state index in [-0.39, 0.29) is 24.4 Å². The third-order valence-corrected chi connectivity index (χ3v) is 9.73. The molecule has 40 heavy (non-hydrogen) atoms. The molecule has 0 aliphatic carbocycles. The molecule has 0 unspecified atom stereocenters. The number of nitrogens with one attached hydrogen (secondary N) is 1. The number of fused-ring (bicyclic) bond motifs is 1. The van der Waals surface area contributed by atoms with Crippen molar-refractivity contribution in [1.29, 1.82) is 0 Å². The summed E-state index contributed by atoms with van der Waals surface area (Å²) in [5, 5.41) is 0.882. The van der Waals surface area contributed by atoms with Gasteiger partial charge in [0, 0.05) is 21.8 Å². The summed E-state index contributed by atoms with van der Waals surface area (Å²) < 4.78 is 87.8. The first-order valence-corrected chi connectivity index (χ1v) is 15.3. The predicted molar refractivity (Wildman–Crippen MR) is 147 cm³/mol. The molecule has 8 nitrogen and oxygen atoms in total. The molecule has 0 atom stereocenters. The minimum Gasteiger partial charge on any atom is -0.300 e. The van der Waals surface area contributed by atoms with Crippen molar-refractivity contribution in [1.82, 2.24) is 8.69 Å². The van der Waals surface area contributed by atoms with Gasteiger partial charge in [0.1, 0.15) is 0 Å². The highest BCUT2D eigenvalue weighted by atomic mass is 79.9. The molecular formula is C26H20BrF3N2O6S2. The number of nitrogens with zero attached hydrogens (tertiary/aromatic N) is 1. The van der Waals surface area contributed by atoms with Crippen LogP contribution in [0.2, 0.25) is 0 Å². The number of sulfonamides is 2. The molecule has 0 aliphatic rings. The Kier molecular flexibility index (Phi) is 8.09. The lowest BCUT2D eigenvalue weighted by Gasteiger charge is -2.19. The van der Waals surface area contributed by atoms with E-state index in [0.29, 0.717) is 36.1 Å². The van der Waals surface area contributed by atoms with E-state index in [1.54, 1.807) is 49.4 Å². The van der Waals surface area contributed by atoms with Crippen LogP contribution in [0, 0.1) is 0 Å². The zero-order valence-electron chi connectivity index (χ0n) is 20.6. The summed E-state index contributed by atoms with van der Waals surface area (Å²) in [6.45, 7) is 1.47. The molecule has 0 spiro atoms. The third kappa shape index (κ3) is 5.75. The molecule has 0 saturated heterocycles. The first kappa shape index (κ1) is 29.6. The summed E-state index contributed by atoms with van der Waals surface area (Å²) in [5.74, 6) is -0.321. The number of alkyl halides is 3. The minimum absolute atomic E-state index is 0.0787. The van der Waals surface area contributed by atoms with Crippen LogP contribution in [0.4, 0.5) is 13.2 Å². The van der Waals surface area contributed by atoms with E-state index in [0.717, 1.165) is 12.1 Å². The lowest BCUT2D eigenvalue weighted by atomic mass is 9.94. The van der Waals surface area contributed by atoms with Crippen LogP contribution in [0.15, 0.2) is 87.0 Å². The zero-order chi connectivity index (χ0) is 29.5. The summed E-state index contributed by atoms with van der Waals surface area (Å²) >= 11 is 3.42. The summed E-state index contributed by atoms with van der Waals surface area (Å²) in [6, 6.07) is 18.3. The molecule has 210 valence electrons. The number of ketones is 1. The Morgan fingerprint density at radius 1 is 0.925 bits per heavy atom. The average Bonchev–Trinajstić information content (AvgIpc) is 2.89. The number of halogens is 4. The Bertz CT molecular complexity index is 1890. The van der Waals surface area contributed by atoms with Gasteiger partial charge in [-0.25, -0.2) is 16.8 Å². The highest BCUT2D eigenvalue weighted by Gasteiger charge is 2.48. The molecule has 0 fully saturated rings. The molecule has 4 rings (SSSR count). The number of hydrogen-bond acceptors (Lipinski definition) is 6. The van der Waals surface area contributed by atoms with Crippen molar-refractivity contribution in [2.75, 3.05) is 0 Å². The highest BCUT2D eigenvalue weighted by Crippen LogP contribution is 2.33. The van der Waals surface area contributed by atoms with Crippen molar-refractivity contribution < 1.29 is 34.8 Å². The Labute approximate surface area is 235 Å². The number of carbonyl (C=O) groups excluding carboxylic acids is 1. The molecule has 1 N–H and O–H groups in total. The first-order valence-electron chi connectivity index (χ1n) is 11.5. The summed E-state index contributed by atoms with van der Waals surface area (Å²) in [5.41, 5.74) is -4.61. The average molecular weight is 657 g/mol. The molecular weight excluding hydrogens is 637 g/mol. The number of pyridine rings is 1. The number of Topliss-reactive ketones (excluding diaryl/α,β-unsaturated/α-hetero) is 1. The van der Waals surface area contributed by atoms with Gasteiger partial charge in [-0.1, -0.05) is 69.4 Å². The molecule has 0 saturated carbocycles. The van der Waals surface area contributed by atoms with E-state index in [1.807, 2.05) is 6.07 Å². The highest BCUT2D eigenvalue weighted by molar-refractivity contribution is 9.10. The van der Waals surface area contributed by atoms with Crippen LogP contribution in [-0.2, 0) is 26.6 Å². The summed E-state index contributed by atoms with van der Waals surface area (Å²) in [6.07, 6.45) is 0.0787. The van der Waals surface area contributed by atoms with Crippen LogP contribution in [0.5, 0.6) is 0 Å². The number of aromatic nitrogens is 1. The van der Waals surface area contributed by atoms with E-state index in [2.05, 4.69) is 15.9 Å². The quantitative estimate of drug-likeness (QED) is 0.260. The SMILES string of the molecule is CCC(=O)c1c(-c2ccccc2)c2cc(Br)ccc2c(=O)n1Cc1ccc(S(=O)(=O)NS(=O)(=O)C(F)(F)F)cc1. The fourth-order valence-electron chi connectivity index (χ4n) is 4.12. The van der Waals surface area contributed by atoms with Gasteiger partial charge < -0.3 is 0 Å². The smallest absolute Gasteiger partial charge is 0.300 e. The normalized spacial score (nSPS) is 12.5. The van der Waals surface area contributed by atoms with Crippen LogP contribution < -0.4 is 9.69 Å². The van der Waals surface area contributed by atoms with Gasteiger partial charge in [0.25, 0.3) is 15.6 Å². The predicted octanol–water partition coefficient (Wildman–Crippen LogP) is 5.20. The molecule has 0 bridgehead atoms. The lowest BCUT2D eigenvalue weighted by molar-refractivity contribution is -0.0441. The maximum atomic E-state index is 13.7. The first-order chi connectivity index (χ1) is 18.7. The lowest BCUT2D eigenvalue weighted by Crippen LogP contribution is -2.40. The van der Waals surface area contributed by atoms with Crippen molar-refractivity contribution in [2.24, 2.45) is 0 Å². The van der Waals surface area contributed by atoms with Gasteiger partial charge in [-0.3, -0.25) is 14.2 Å². The fraction of sp³-hybridized carbons (Fsp3) is 0.154. The van der Waals surface area contributed by atoms with Gasteiger partial charge in [-0.2, -0.15) is 13.2 Å². The van der Waals surface area contributed by atoms with E-state index in [4.69, 9.17) is 0 Å². The number of rotatable bonds is 8. The molecule has 14 heteroatoms. The Morgan fingerprint density at radius 3 is 2.12 bits per heavy atom. The van der Waals surface area contributed by atoms with Crippen LogP contribution in [0.3, 0.4) is 0 Å². The molecule has 1 heterocycles. The van der Waals surface area contributed by atoms with E-state index in [1.165, 1.54) is 16.7 Å². The van der Waals surface area contributed by atoms with E-state index in [9.17, 15) is 39.6 Å². The van der Waals surface area contributed by atoms with Gasteiger partial charge in [0.2, 0.25) is 0 Å². The number of hydrogen-bond donors (Lipinski definition) is 1. The van der Waals surface area contributed by atoms with Crippen LogP contribution in [-0.4, -0.2) is 32.7 Å². The van der Waals surface area contributed by atoms with Gasteiger partial charge in [-0.15, -0.1) is 0 Å². The van der Waals surface area contributed by atoms with Crippen molar-refractivity contribution >= 4 is 52.5 Å². The van der Waals surface area contributed by atoms with Crippen LogP contribution in [0.25, 0.3) is 21.9 Å². The molecule has 0 aliphatic heterocycles. The van der Waals surface area contributed by atoms with Gasteiger partial charge in [0.05, 0.1) is 17.1 Å². The number of carbonyl (C=O) groups is 1. The Morgan fingerprint density at radius 2 is 1.55 bits per heavy atom. The summed E-state index contributed by atoms with van der Waals surface area (Å²) in [4.78, 5) is 26.2. The van der Waals surface area contributed by atoms with Gasteiger partial charge in [-0.05, 0) is 46.8 Å². The molecule has 1 aromatic heterocycles. The second kappa shape index (κ2) is 10.9. The van der Waals surface area contributed by atoms with Crippen molar-refractivity contribution in [2.45, 2.75) is 30.3 Å². The van der Waals surface area contributed by atoms with Crippen molar-refractivity contribution in [3.8, 4) is 11.1 Å². The monoisotopic (exact) mass is 656 g/mol. The standard InChI is InChI=1S/C26H20BrF3N2O6S2/c1-2-22(33)24-23(17-6-4-3-5-7-17)21-14-18(27)10-13-20(21)25(34)32(24)15-16-8-11-19(12-9-16)39(35,36)31-40(37,38)26(28,29)30/h3-14,31H,2,15H2,1H3. The van der Waals surface area contributed by atoms with Crippen LogP contribution in [0.1, 0.15) is 29.4 Å². The number of benzene rings is 3. The largest absolute Gasteiger partial charge is 0.512 e.